The summed E-state index contributed by atoms with van der Waals surface area (Å²) >= 11 is 0. The van der Waals surface area contributed by atoms with E-state index in [4.69, 9.17) is 14.2 Å². The van der Waals surface area contributed by atoms with Crippen LogP contribution in [0, 0.1) is 0 Å². The van der Waals surface area contributed by atoms with E-state index >= 15 is 0 Å². The van der Waals surface area contributed by atoms with Crippen LogP contribution in [0.5, 0.6) is 0 Å². The maximum atomic E-state index is 12.9. The number of carbonyl (C=O) groups excluding carboxylic acids is 3. The van der Waals surface area contributed by atoms with Crippen molar-refractivity contribution in [3.8, 4) is 0 Å². The highest BCUT2D eigenvalue weighted by Crippen LogP contribution is 2.17. The van der Waals surface area contributed by atoms with Crippen molar-refractivity contribution in [3.63, 3.8) is 0 Å². The van der Waals surface area contributed by atoms with Crippen LogP contribution in [0.25, 0.3) is 0 Å². The molecular formula is C69H124O6. The maximum absolute atomic E-state index is 12.9. The molecule has 0 bridgehead atoms. The van der Waals surface area contributed by atoms with Gasteiger partial charge in [-0.3, -0.25) is 14.4 Å². The van der Waals surface area contributed by atoms with Crippen molar-refractivity contribution in [2.45, 2.75) is 348 Å². The minimum absolute atomic E-state index is 0.0753. The largest absolute Gasteiger partial charge is 0.462 e. The van der Waals surface area contributed by atoms with Crippen LogP contribution >= 0.6 is 0 Å². The van der Waals surface area contributed by atoms with Gasteiger partial charge in [0.15, 0.2) is 6.10 Å². The van der Waals surface area contributed by atoms with Crippen LogP contribution in [-0.2, 0) is 28.6 Å². The molecule has 0 N–H and O–H groups in total. The molecule has 1 atom stereocenters. The Hall–Kier alpha value is -2.89. The molecule has 0 aliphatic carbocycles. The van der Waals surface area contributed by atoms with Gasteiger partial charge in [-0.25, -0.2) is 0 Å². The van der Waals surface area contributed by atoms with Gasteiger partial charge in [0.25, 0.3) is 0 Å². The van der Waals surface area contributed by atoms with Crippen LogP contribution in [0.4, 0.5) is 0 Å². The summed E-state index contributed by atoms with van der Waals surface area (Å²) in [7, 11) is 0. The molecule has 436 valence electrons. The molecule has 0 aliphatic rings. The zero-order chi connectivity index (χ0) is 54.3. The average Bonchev–Trinajstić information content (AvgIpc) is 3.41. The van der Waals surface area contributed by atoms with Gasteiger partial charge in [-0.2, -0.15) is 0 Å². The molecule has 0 fully saturated rings. The van der Waals surface area contributed by atoms with Crippen LogP contribution in [-0.4, -0.2) is 37.2 Å². The Bertz CT molecular complexity index is 1340. The topological polar surface area (TPSA) is 78.9 Å². The molecule has 6 heteroatoms. The molecular weight excluding hydrogens is 925 g/mol. The average molecular weight is 1050 g/mol. The highest BCUT2D eigenvalue weighted by atomic mass is 16.6. The monoisotopic (exact) mass is 1050 g/mol. The van der Waals surface area contributed by atoms with E-state index in [1.165, 1.54) is 205 Å². The first-order valence-corrected chi connectivity index (χ1v) is 32.8. The zero-order valence-electron chi connectivity index (χ0n) is 50.1. The first kappa shape index (κ1) is 72.1. The van der Waals surface area contributed by atoms with Gasteiger partial charge in [-0.15, -0.1) is 0 Å². The fraction of sp³-hybridized carbons (Fsp3) is 0.812. The van der Waals surface area contributed by atoms with Crippen molar-refractivity contribution in [1.29, 1.82) is 0 Å². The Kier molecular flexibility index (Phi) is 61.2. The lowest BCUT2D eigenvalue weighted by Gasteiger charge is -2.18. The molecule has 0 radical (unpaired) electrons. The number of rotatable bonds is 60. The quantitative estimate of drug-likeness (QED) is 0.0261. The van der Waals surface area contributed by atoms with Crippen molar-refractivity contribution in [1.82, 2.24) is 0 Å². The van der Waals surface area contributed by atoms with E-state index < -0.39 is 6.10 Å². The minimum Gasteiger partial charge on any atom is -0.462 e. The Morgan fingerprint density at radius 2 is 0.507 bits per heavy atom. The molecule has 0 aromatic heterocycles. The number of hydrogen-bond donors (Lipinski definition) is 0. The van der Waals surface area contributed by atoms with Gasteiger partial charge in [0, 0.05) is 19.3 Å². The number of ether oxygens (including phenoxy) is 3. The zero-order valence-corrected chi connectivity index (χ0v) is 50.1. The molecule has 75 heavy (non-hydrogen) atoms. The predicted octanol–water partition coefficient (Wildman–Crippen LogP) is 22.3. The lowest BCUT2D eigenvalue weighted by Crippen LogP contribution is -2.30. The lowest BCUT2D eigenvalue weighted by molar-refractivity contribution is -0.167. The van der Waals surface area contributed by atoms with Crippen molar-refractivity contribution in [2.24, 2.45) is 0 Å². The molecule has 0 heterocycles. The summed E-state index contributed by atoms with van der Waals surface area (Å²) in [6, 6.07) is 0. The summed E-state index contributed by atoms with van der Waals surface area (Å²) in [6.45, 7) is 6.60. The summed E-state index contributed by atoms with van der Waals surface area (Å²) < 4.78 is 16.9. The molecule has 0 amide bonds. The molecule has 0 rings (SSSR count). The van der Waals surface area contributed by atoms with Crippen molar-refractivity contribution >= 4 is 17.9 Å². The predicted molar refractivity (Wildman–Crippen MR) is 325 cm³/mol. The smallest absolute Gasteiger partial charge is 0.306 e. The third-order valence-corrected chi connectivity index (χ3v) is 14.5. The van der Waals surface area contributed by atoms with E-state index in [-0.39, 0.29) is 31.1 Å². The molecule has 0 aromatic rings. The fourth-order valence-electron chi connectivity index (χ4n) is 9.55. The summed E-state index contributed by atoms with van der Waals surface area (Å²) in [5.74, 6) is -0.872. The number of esters is 3. The van der Waals surface area contributed by atoms with Gasteiger partial charge in [-0.05, 0) is 83.5 Å². The highest BCUT2D eigenvalue weighted by Gasteiger charge is 2.19. The highest BCUT2D eigenvalue weighted by molar-refractivity contribution is 5.71. The Morgan fingerprint density at radius 1 is 0.267 bits per heavy atom. The summed E-state index contributed by atoms with van der Waals surface area (Å²) in [6.07, 6.45) is 80.9. The van der Waals surface area contributed by atoms with Crippen LogP contribution in [0.1, 0.15) is 342 Å². The number of carbonyl (C=O) groups is 3. The lowest BCUT2D eigenvalue weighted by atomic mass is 10.0. The summed E-state index contributed by atoms with van der Waals surface area (Å²) in [4.78, 5) is 38.3. The van der Waals surface area contributed by atoms with E-state index in [1.807, 2.05) is 0 Å². The Labute approximate surface area is 466 Å². The van der Waals surface area contributed by atoms with Gasteiger partial charge in [-0.1, -0.05) is 300 Å². The number of unbranched alkanes of at least 4 members (excludes halogenated alkanes) is 39. The third-order valence-electron chi connectivity index (χ3n) is 14.5. The molecule has 6 nitrogen and oxygen atoms in total. The first-order chi connectivity index (χ1) is 37.0. The standard InChI is InChI=1S/C69H124O6/c1-4-7-10-13-16-19-22-25-27-28-29-30-31-32-33-34-35-36-37-38-39-40-42-44-47-50-53-56-59-62-68(71)74-65-66(64-73-67(70)61-58-55-52-49-46-43-24-21-18-15-12-9-6-3)75-69(72)63-60-57-54-51-48-45-41-26-23-20-17-14-11-8-5-2/h12,15,21-22,24-25,28-29,31-32,66H,4-11,13-14,16-20,23,26-27,30,33-65H2,1-3H3/b15-12-,24-21-,25-22-,29-28-,32-31-. The minimum atomic E-state index is -0.778. The third kappa shape index (κ3) is 61.8. The van der Waals surface area contributed by atoms with Crippen LogP contribution in [0.2, 0.25) is 0 Å². The second-order valence-electron chi connectivity index (χ2n) is 22.0. The second-order valence-corrected chi connectivity index (χ2v) is 22.0. The van der Waals surface area contributed by atoms with Crippen LogP contribution in [0.15, 0.2) is 60.8 Å². The van der Waals surface area contributed by atoms with Gasteiger partial charge in [0.05, 0.1) is 0 Å². The Morgan fingerprint density at radius 3 is 0.800 bits per heavy atom. The van der Waals surface area contributed by atoms with Gasteiger partial charge in [0.2, 0.25) is 0 Å². The van der Waals surface area contributed by atoms with Gasteiger partial charge in [0.1, 0.15) is 13.2 Å². The van der Waals surface area contributed by atoms with Crippen LogP contribution < -0.4 is 0 Å². The normalized spacial score (nSPS) is 12.4. The van der Waals surface area contributed by atoms with E-state index in [0.717, 1.165) is 96.3 Å². The summed E-state index contributed by atoms with van der Waals surface area (Å²) in [5.41, 5.74) is 0. The first-order valence-electron chi connectivity index (χ1n) is 32.8. The fourth-order valence-corrected chi connectivity index (χ4v) is 9.55. The number of allylic oxidation sites excluding steroid dienone is 10. The van der Waals surface area contributed by atoms with Gasteiger partial charge >= 0.3 is 17.9 Å². The Balaban J connectivity index is 4.20. The molecule has 1 unspecified atom stereocenters. The summed E-state index contributed by atoms with van der Waals surface area (Å²) in [5, 5.41) is 0. The molecule has 0 aromatic carbocycles. The van der Waals surface area contributed by atoms with E-state index in [0.29, 0.717) is 19.3 Å². The van der Waals surface area contributed by atoms with Crippen LogP contribution in [0.3, 0.4) is 0 Å². The molecule has 0 spiro atoms. The van der Waals surface area contributed by atoms with Crippen molar-refractivity contribution in [2.75, 3.05) is 13.2 Å². The molecule has 0 saturated carbocycles. The van der Waals surface area contributed by atoms with E-state index in [1.54, 1.807) is 0 Å². The van der Waals surface area contributed by atoms with Crippen molar-refractivity contribution in [3.05, 3.63) is 60.8 Å². The molecule has 0 saturated heterocycles. The van der Waals surface area contributed by atoms with Gasteiger partial charge < -0.3 is 14.2 Å². The van der Waals surface area contributed by atoms with E-state index in [9.17, 15) is 14.4 Å². The molecule has 0 aliphatic heterocycles. The number of hydrogen-bond acceptors (Lipinski definition) is 6. The SMILES string of the molecule is CCC/C=C\C/C=C\CCCCCCCC(=O)OCC(COC(=O)CCCCCCCCCCCCCCCC/C=C\C/C=C\C/C=C\CCCCCCC)OC(=O)CCCCCCCCCCCCCCCCC. The second kappa shape index (κ2) is 63.6. The van der Waals surface area contributed by atoms with Crippen molar-refractivity contribution < 1.29 is 28.6 Å². The van der Waals surface area contributed by atoms with E-state index in [2.05, 4.69) is 81.5 Å². The maximum Gasteiger partial charge on any atom is 0.306 e.